The number of hydrogen-bond acceptors (Lipinski definition) is 7. The SMILES string of the molecule is Nc1nc(C(C=O)=NOCC(=O)O)c(Cl)s1. The fourth-order valence-corrected chi connectivity index (χ4v) is 1.70. The highest BCUT2D eigenvalue weighted by Gasteiger charge is 2.14. The summed E-state index contributed by atoms with van der Waals surface area (Å²) in [6, 6.07) is 0. The van der Waals surface area contributed by atoms with Gasteiger partial charge in [0.2, 0.25) is 6.61 Å². The Kier molecular flexibility index (Phi) is 4.20. The minimum atomic E-state index is -1.21. The summed E-state index contributed by atoms with van der Waals surface area (Å²) in [5.41, 5.74) is 5.23. The average molecular weight is 264 g/mol. The van der Waals surface area contributed by atoms with Crippen LogP contribution in [0.25, 0.3) is 0 Å². The van der Waals surface area contributed by atoms with Gasteiger partial charge in [0.05, 0.1) is 0 Å². The van der Waals surface area contributed by atoms with Gasteiger partial charge >= 0.3 is 5.97 Å². The Morgan fingerprint density at radius 2 is 2.44 bits per heavy atom. The quantitative estimate of drug-likeness (QED) is 0.451. The number of carbonyl (C=O) groups is 2. The van der Waals surface area contributed by atoms with Crippen molar-refractivity contribution in [3.8, 4) is 0 Å². The lowest BCUT2D eigenvalue weighted by molar-refractivity contribution is -0.142. The van der Waals surface area contributed by atoms with E-state index >= 15 is 0 Å². The fraction of sp³-hybridized carbons (Fsp3) is 0.143. The zero-order valence-corrected chi connectivity index (χ0v) is 9.29. The minimum Gasteiger partial charge on any atom is -0.479 e. The molecule has 86 valence electrons. The first-order valence-electron chi connectivity index (χ1n) is 3.83. The molecule has 0 fully saturated rings. The molecule has 3 N–H and O–H groups in total. The maximum atomic E-state index is 10.6. The highest BCUT2D eigenvalue weighted by molar-refractivity contribution is 7.19. The molecule has 0 saturated heterocycles. The molecule has 0 spiro atoms. The van der Waals surface area contributed by atoms with Crippen LogP contribution in [0.4, 0.5) is 5.13 Å². The minimum absolute atomic E-state index is 0.0737. The molecule has 9 heteroatoms. The van der Waals surface area contributed by atoms with Crippen molar-refractivity contribution in [3.63, 3.8) is 0 Å². The van der Waals surface area contributed by atoms with Gasteiger partial charge in [-0.3, -0.25) is 4.79 Å². The molecule has 0 unspecified atom stereocenters. The van der Waals surface area contributed by atoms with Crippen molar-refractivity contribution >= 4 is 46.0 Å². The number of hydrogen-bond donors (Lipinski definition) is 2. The lowest BCUT2D eigenvalue weighted by Gasteiger charge is -1.96. The molecule has 16 heavy (non-hydrogen) atoms. The van der Waals surface area contributed by atoms with Crippen LogP contribution in [0, 0.1) is 0 Å². The van der Waals surface area contributed by atoms with Crippen LogP contribution in [0.5, 0.6) is 0 Å². The second-order valence-corrected chi connectivity index (χ2v) is 4.07. The molecule has 0 aliphatic heterocycles. The number of oxime groups is 1. The normalized spacial score (nSPS) is 11.2. The average Bonchev–Trinajstić information content (AvgIpc) is 2.52. The van der Waals surface area contributed by atoms with Crippen molar-refractivity contribution in [2.24, 2.45) is 5.16 Å². The van der Waals surface area contributed by atoms with Crippen molar-refractivity contribution in [1.82, 2.24) is 4.98 Å². The van der Waals surface area contributed by atoms with Crippen molar-refractivity contribution in [3.05, 3.63) is 10.0 Å². The van der Waals surface area contributed by atoms with Gasteiger partial charge in [-0.15, -0.1) is 0 Å². The van der Waals surface area contributed by atoms with E-state index in [1.807, 2.05) is 0 Å². The van der Waals surface area contributed by atoms with Gasteiger partial charge in [-0.25, -0.2) is 9.78 Å². The number of carboxylic acid groups (broad SMARTS) is 1. The standard InChI is InChI=1S/C7H6ClN3O4S/c8-6-5(10-7(9)16-6)3(1-12)11-15-2-4(13)14/h1H,2H2,(H2,9,10)(H,13,14). The summed E-state index contributed by atoms with van der Waals surface area (Å²) in [6.45, 7) is -0.658. The number of carbonyl (C=O) groups excluding carboxylic acids is 1. The third-order valence-corrected chi connectivity index (χ3v) is 2.39. The molecule has 1 aromatic heterocycles. The number of aromatic nitrogens is 1. The second-order valence-electron chi connectivity index (χ2n) is 2.44. The van der Waals surface area contributed by atoms with Gasteiger partial charge in [0.25, 0.3) is 0 Å². The van der Waals surface area contributed by atoms with Crippen LogP contribution in [0.2, 0.25) is 4.34 Å². The van der Waals surface area contributed by atoms with Gasteiger partial charge in [0.1, 0.15) is 10.0 Å². The zero-order valence-electron chi connectivity index (χ0n) is 7.71. The number of carboxylic acids is 1. The molecule has 0 saturated carbocycles. The summed E-state index contributed by atoms with van der Waals surface area (Å²) >= 11 is 6.70. The molecule has 0 amide bonds. The lowest BCUT2D eigenvalue weighted by Crippen LogP contribution is -2.09. The van der Waals surface area contributed by atoms with Gasteiger partial charge in [-0.1, -0.05) is 28.1 Å². The highest BCUT2D eigenvalue weighted by Crippen LogP contribution is 2.25. The number of nitrogens with zero attached hydrogens (tertiary/aromatic N) is 2. The molecule has 1 rings (SSSR count). The Hall–Kier alpha value is -1.67. The van der Waals surface area contributed by atoms with Gasteiger partial charge < -0.3 is 15.7 Å². The monoisotopic (exact) mass is 263 g/mol. The number of aldehydes is 1. The molecule has 0 radical (unpaired) electrons. The lowest BCUT2D eigenvalue weighted by atomic mass is 10.3. The Balaban J connectivity index is 2.85. The molecular formula is C7H6ClN3O4S. The van der Waals surface area contributed by atoms with Crippen LogP contribution in [-0.2, 0) is 14.4 Å². The molecule has 0 atom stereocenters. The third kappa shape index (κ3) is 3.17. The molecule has 7 nitrogen and oxygen atoms in total. The van der Waals surface area contributed by atoms with Crippen molar-refractivity contribution in [1.29, 1.82) is 0 Å². The van der Waals surface area contributed by atoms with Crippen LogP contribution in [0.15, 0.2) is 5.16 Å². The first-order valence-corrected chi connectivity index (χ1v) is 5.03. The fourth-order valence-electron chi connectivity index (χ4n) is 0.753. The highest BCUT2D eigenvalue weighted by atomic mass is 35.5. The summed E-state index contributed by atoms with van der Waals surface area (Å²) in [5, 5.41) is 11.8. The van der Waals surface area contributed by atoms with Gasteiger partial charge in [-0.05, 0) is 0 Å². The Bertz CT molecular complexity index is 445. The molecular weight excluding hydrogens is 258 g/mol. The van der Waals surface area contributed by atoms with E-state index in [4.69, 9.17) is 22.4 Å². The van der Waals surface area contributed by atoms with Crippen molar-refractivity contribution in [2.75, 3.05) is 12.3 Å². The molecule has 0 bridgehead atoms. The number of halogens is 1. The summed E-state index contributed by atoms with van der Waals surface area (Å²) in [5.74, 6) is -1.21. The molecule has 1 aromatic rings. The van der Waals surface area contributed by atoms with E-state index in [9.17, 15) is 9.59 Å². The third-order valence-electron chi connectivity index (χ3n) is 1.31. The summed E-state index contributed by atoms with van der Waals surface area (Å²) in [4.78, 5) is 28.9. The Morgan fingerprint density at radius 1 is 1.75 bits per heavy atom. The Morgan fingerprint density at radius 3 is 2.88 bits per heavy atom. The van der Waals surface area contributed by atoms with E-state index in [1.165, 1.54) is 0 Å². The molecule has 1 heterocycles. The topological polar surface area (TPSA) is 115 Å². The van der Waals surface area contributed by atoms with E-state index in [0.29, 0.717) is 6.29 Å². The van der Waals surface area contributed by atoms with Crippen LogP contribution in [0.1, 0.15) is 5.69 Å². The van der Waals surface area contributed by atoms with Gasteiger partial charge in [0, 0.05) is 0 Å². The summed E-state index contributed by atoms with van der Waals surface area (Å²) in [6.07, 6.45) is 0.349. The summed E-state index contributed by atoms with van der Waals surface area (Å²) < 4.78 is 0.183. The maximum Gasteiger partial charge on any atom is 0.344 e. The van der Waals surface area contributed by atoms with Crippen LogP contribution < -0.4 is 5.73 Å². The number of aliphatic carboxylic acids is 1. The number of anilines is 1. The van der Waals surface area contributed by atoms with Crippen molar-refractivity contribution < 1.29 is 19.5 Å². The van der Waals surface area contributed by atoms with Gasteiger partial charge in [0.15, 0.2) is 17.1 Å². The van der Waals surface area contributed by atoms with E-state index in [-0.39, 0.29) is 20.9 Å². The van der Waals surface area contributed by atoms with Crippen molar-refractivity contribution in [2.45, 2.75) is 0 Å². The van der Waals surface area contributed by atoms with E-state index in [1.54, 1.807) is 0 Å². The van der Waals surface area contributed by atoms with E-state index in [2.05, 4.69) is 15.0 Å². The smallest absolute Gasteiger partial charge is 0.344 e. The predicted molar refractivity (Wildman–Crippen MR) is 57.7 cm³/mol. The molecule has 0 aromatic carbocycles. The zero-order chi connectivity index (χ0) is 12.1. The van der Waals surface area contributed by atoms with Crippen LogP contribution >= 0.6 is 22.9 Å². The molecule has 0 aliphatic carbocycles. The largest absolute Gasteiger partial charge is 0.479 e. The predicted octanol–water partition coefficient (Wildman–Crippen LogP) is 0.383. The number of nitrogen functional groups attached to an aromatic ring is 1. The first kappa shape index (κ1) is 12.4. The Labute approximate surface area is 98.5 Å². The second kappa shape index (κ2) is 5.42. The van der Waals surface area contributed by atoms with Crippen LogP contribution in [-0.4, -0.2) is 34.7 Å². The summed E-state index contributed by atoms with van der Waals surface area (Å²) in [7, 11) is 0. The maximum absolute atomic E-state index is 10.6. The number of rotatable bonds is 5. The van der Waals surface area contributed by atoms with E-state index in [0.717, 1.165) is 11.3 Å². The molecule has 0 aliphatic rings. The van der Waals surface area contributed by atoms with Gasteiger partial charge in [-0.2, -0.15) is 0 Å². The first-order chi connectivity index (χ1) is 7.54. The van der Waals surface area contributed by atoms with Crippen LogP contribution in [0.3, 0.4) is 0 Å². The van der Waals surface area contributed by atoms with E-state index < -0.39 is 12.6 Å². The number of nitrogens with two attached hydrogens (primary N) is 1. The number of thiazole rings is 1.